The second-order valence-corrected chi connectivity index (χ2v) is 5.67. The van der Waals surface area contributed by atoms with Crippen LogP contribution < -0.4 is 0 Å². The Morgan fingerprint density at radius 1 is 1.00 bits per heavy atom. The molecule has 0 aliphatic rings. The molecule has 3 aromatic heterocycles. The van der Waals surface area contributed by atoms with Crippen LogP contribution in [0.5, 0.6) is 0 Å². The van der Waals surface area contributed by atoms with Gasteiger partial charge < -0.3 is 9.13 Å². The Bertz CT molecular complexity index is 689. The highest BCUT2D eigenvalue weighted by molar-refractivity contribution is 5.09. The molecule has 0 fully saturated rings. The lowest BCUT2D eigenvalue weighted by Crippen LogP contribution is -2.26. The maximum Gasteiger partial charge on any atom is 0.122 e. The number of hydrogen-bond donors (Lipinski definition) is 0. The van der Waals surface area contributed by atoms with Crippen LogP contribution in [0.3, 0.4) is 0 Å². The molecular weight excluding hydrogens is 288 g/mol. The van der Waals surface area contributed by atoms with E-state index in [-0.39, 0.29) is 0 Å². The zero-order valence-corrected chi connectivity index (χ0v) is 13.4. The van der Waals surface area contributed by atoms with Gasteiger partial charge in [0.05, 0.1) is 12.9 Å². The second kappa shape index (κ2) is 7.69. The van der Waals surface area contributed by atoms with Crippen molar-refractivity contribution in [3.63, 3.8) is 0 Å². The number of hydrogen-bond acceptors (Lipinski definition) is 4. The van der Waals surface area contributed by atoms with Crippen LogP contribution in [0, 0.1) is 0 Å². The smallest absolute Gasteiger partial charge is 0.122 e. The van der Waals surface area contributed by atoms with Crippen molar-refractivity contribution in [3.8, 4) is 0 Å². The first-order chi connectivity index (χ1) is 11.3. The monoisotopic (exact) mass is 310 g/mol. The van der Waals surface area contributed by atoms with E-state index in [1.807, 2.05) is 50.6 Å². The van der Waals surface area contributed by atoms with E-state index in [4.69, 9.17) is 0 Å². The minimum absolute atomic E-state index is 0.843. The molecule has 0 amide bonds. The fourth-order valence-electron chi connectivity index (χ4n) is 2.61. The number of nitrogens with zero attached hydrogens (tertiary/aromatic N) is 6. The van der Waals surface area contributed by atoms with Crippen molar-refractivity contribution in [1.82, 2.24) is 29.0 Å². The number of imidazole rings is 2. The third kappa shape index (κ3) is 4.50. The lowest BCUT2D eigenvalue weighted by molar-refractivity contribution is 0.240. The summed E-state index contributed by atoms with van der Waals surface area (Å²) in [5.74, 6) is 1.08. The molecule has 23 heavy (non-hydrogen) atoms. The number of aromatic nitrogens is 5. The van der Waals surface area contributed by atoms with Crippen LogP contribution in [0.15, 0.2) is 55.6 Å². The van der Waals surface area contributed by atoms with Crippen molar-refractivity contribution in [2.45, 2.75) is 26.1 Å². The second-order valence-electron chi connectivity index (χ2n) is 5.67. The summed E-state index contributed by atoms with van der Waals surface area (Å²) in [4.78, 5) is 15.1. The van der Waals surface area contributed by atoms with Gasteiger partial charge in [0.25, 0.3) is 0 Å². The molecule has 0 spiro atoms. The van der Waals surface area contributed by atoms with Crippen LogP contribution in [-0.4, -0.2) is 35.5 Å². The van der Waals surface area contributed by atoms with Crippen molar-refractivity contribution in [2.24, 2.45) is 7.05 Å². The Kier molecular flexibility index (Phi) is 5.16. The molecule has 0 aliphatic carbocycles. The van der Waals surface area contributed by atoms with Crippen LogP contribution in [0.2, 0.25) is 0 Å². The van der Waals surface area contributed by atoms with E-state index in [1.54, 1.807) is 0 Å². The average molecular weight is 310 g/mol. The summed E-state index contributed by atoms with van der Waals surface area (Å²) >= 11 is 0. The van der Waals surface area contributed by atoms with Gasteiger partial charge in [-0.2, -0.15) is 0 Å². The minimum Gasteiger partial charge on any atom is -0.337 e. The Labute approximate surface area is 136 Å². The highest BCUT2D eigenvalue weighted by Gasteiger charge is 2.10. The SMILES string of the molecule is Cn1ccnc1CN(CCCn1ccnc1)Cc1ccncc1. The molecule has 0 radical (unpaired) electrons. The Hall–Kier alpha value is -2.47. The zero-order valence-electron chi connectivity index (χ0n) is 13.4. The minimum atomic E-state index is 0.843. The van der Waals surface area contributed by atoms with E-state index in [1.165, 1.54) is 5.56 Å². The number of pyridine rings is 1. The van der Waals surface area contributed by atoms with Gasteiger partial charge in [0, 0.05) is 63.9 Å². The van der Waals surface area contributed by atoms with Gasteiger partial charge in [-0.05, 0) is 24.1 Å². The van der Waals surface area contributed by atoms with Crippen LogP contribution >= 0.6 is 0 Å². The standard InChI is InChI=1S/C17H22N6/c1-21-11-8-20-17(21)14-23(13-16-3-5-18-6-4-16)10-2-9-22-12-7-19-15-22/h3-8,11-12,15H,2,9-10,13-14H2,1H3. The Balaban J connectivity index is 1.61. The van der Waals surface area contributed by atoms with E-state index in [0.29, 0.717) is 0 Å². The fraction of sp³-hybridized carbons (Fsp3) is 0.353. The third-order valence-corrected chi connectivity index (χ3v) is 3.89. The molecule has 6 heteroatoms. The molecule has 3 aromatic rings. The number of aryl methyl sites for hydroxylation is 2. The first-order valence-corrected chi connectivity index (χ1v) is 7.84. The Morgan fingerprint density at radius 2 is 1.87 bits per heavy atom. The normalized spacial score (nSPS) is 11.2. The van der Waals surface area contributed by atoms with Gasteiger partial charge in [-0.15, -0.1) is 0 Å². The van der Waals surface area contributed by atoms with Gasteiger partial charge >= 0.3 is 0 Å². The molecule has 3 heterocycles. The molecule has 6 nitrogen and oxygen atoms in total. The predicted molar refractivity (Wildman–Crippen MR) is 88.4 cm³/mol. The van der Waals surface area contributed by atoms with E-state index in [9.17, 15) is 0 Å². The van der Waals surface area contributed by atoms with Crippen molar-refractivity contribution in [2.75, 3.05) is 6.54 Å². The van der Waals surface area contributed by atoms with Gasteiger partial charge in [0.2, 0.25) is 0 Å². The van der Waals surface area contributed by atoms with Crippen molar-refractivity contribution >= 4 is 0 Å². The summed E-state index contributed by atoms with van der Waals surface area (Å²) in [5, 5.41) is 0. The quantitative estimate of drug-likeness (QED) is 0.639. The van der Waals surface area contributed by atoms with Gasteiger partial charge in [-0.3, -0.25) is 9.88 Å². The first-order valence-electron chi connectivity index (χ1n) is 7.84. The molecule has 120 valence electrons. The number of rotatable bonds is 8. The third-order valence-electron chi connectivity index (χ3n) is 3.89. The largest absolute Gasteiger partial charge is 0.337 e. The van der Waals surface area contributed by atoms with Crippen LogP contribution in [-0.2, 0) is 26.7 Å². The van der Waals surface area contributed by atoms with Crippen LogP contribution in [0.25, 0.3) is 0 Å². The molecular formula is C17H22N6. The van der Waals surface area contributed by atoms with Crippen molar-refractivity contribution in [3.05, 3.63) is 67.0 Å². The topological polar surface area (TPSA) is 51.8 Å². The highest BCUT2D eigenvalue weighted by Crippen LogP contribution is 2.09. The van der Waals surface area contributed by atoms with E-state index < -0.39 is 0 Å². The van der Waals surface area contributed by atoms with Crippen LogP contribution in [0.4, 0.5) is 0 Å². The molecule has 3 rings (SSSR count). The summed E-state index contributed by atoms with van der Waals surface area (Å²) in [5.41, 5.74) is 1.27. The average Bonchev–Trinajstić information content (AvgIpc) is 3.21. The first kappa shape index (κ1) is 15.4. The summed E-state index contributed by atoms with van der Waals surface area (Å²) in [6.07, 6.45) is 14.3. The van der Waals surface area contributed by atoms with Gasteiger partial charge in [-0.1, -0.05) is 0 Å². The lowest BCUT2D eigenvalue weighted by atomic mass is 10.2. The molecule has 0 bridgehead atoms. The maximum atomic E-state index is 4.45. The van der Waals surface area contributed by atoms with Crippen LogP contribution in [0.1, 0.15) is 17.8 Å². The molecule has 0 unspecified atom stereocenters. The Morgan fingerprint density at radius 3 is 2.57 bits per heavy atom. The van der Waals surface area contributed by atoms with Gasteiger partial charge in [0.1, 0.15) is 5.82 Å². The van der Waals surface area contributed by atoms with E-state index in [2.05, 4.69) is 41.1 Å². The van der Waals surface area contributed by atoms with Gasteiger partial charge in [0.15, 0.2) is 0 Å². The highest BCUT2D eigenvalue weighted by atomic mass is 15.2. The maximum absolute atomic E-state index is 4.45. The molecule has 0 saturated heterocycles. The fourth-order valence-corrected chi connectivity index (χ4v) is 2.61. The van der Waals surface area contributed by atoms with Crippen molar-refractivity contribution in [1.29, 1.82) is 0 Å². The van der Waals surface area contributed by atoms with E-state index >= 15 is 0 Å². The molecule has 0 saturated carbocycles. The molecule has 0 atom stereocenters. The van der Waals surface area contributed by atoms with Crippen molar-refractivity contribution < 1.29 is 0 Å². The summed E-state index contributed by atoms with van der Waals surface area (Å²) in [6, 6.07) is 4.14. The summed E-state index contributed by atoms with van der Waals surface area (Å²) in [6.45, 7) is 3.73. The zero-order chi connectivity index (χ0) is 15.9. The lowest BCUT2D eigenvalue weighted by Gasteiger charge is -2.22. The molecule has 0 aliphatic heterocycles. The van der Waals surface area contributed by atoms with E-state index in [0.717, 1.165) is 38.4 Å². The summed E-state index contributed by atoms with van der Waals surface area (Å²) in [7, 11) is 2.04. The summed E-state index contributed by atoms with van der Waals surface area (Å²) < 4.78 is 4.20. The molecule has 0 N–H and O–H groups in total. The van der Waals surface area contributed by atoms with Gasteiger partial charge in [-0.25, -0.2) is 9.97 Å². The predicted octanol–water partition coefficient (Wildman–Crippen LogP) is 2.10. The molecule has 0 aromatic carbocycles.